The molecular weight excluding hydrogens is 184 g/mol. The van der Waals surface area contributed by atoms with E-state index in [0.29, 0.717) is 23.3 Å². The lowest BCUT2D eigenvalue weighted by atomic mass is 10.1. The Labute approximate surface area is 81.1 Å². The smallest absolute Gasteiger partial charge is 0.129 e. The summed E-state index contributed by atoms with van der Waals surface area (Å²) in [5.41, 5.74) is 0.697. The first-order chi connectivity index (χ1) is 6.77. The predicted octanol–water partition coefficient (Wildman–Crippen LogP) is 1.90. The molecule has 1 N–H and O–H groups in total. The van der Waals surface area contributed by atoms with Crippen LogP contribution < -0.4 is 5.32 Å². The van der Waals surface area contributed by atoms with E-state index in [1.807, 2.05) is 0 Å². The van der Waals surface area contributed by atoms with Crippen LogP contribution in [-0.2, 0) is 0 Å². The van der Waals surface area contributed by atoms with Crippen molar-refractivity contribution in [3.63, 3.8) is 0 Å². The van der Waals surface area contributed by atoms with E-state index in [-0.39, 0.29) is 5.82 Å². The monoisotopic (exact) mass is 195 g/mol. The fraction of sp³-hybridized carbons (Fsp3) is 0.455. The van der Waals surface area contributed by atoms with Crippen molar-refractivity contribution in [2.45, 2.75) is 5.92 Å². The second kappa shape index (κ2) is 2.76. The molecule has 0 bridgehead atoms. The van der Waals surface area contributed by atoms with Gasteiger partial charge in [0.15, 0.2) is 0 Å². The third-order valence-electron chi connectivity index (χ3n) is 3.41. The van der Waals surface area contributed by atoms with Gasteiger partial charge in [-0.3, -0.25) is 0 Å². The lowest BCUT2D eigenvalue weighted by Crippen LogP contribution is -2.14. The van der Waals surface area contributed by atoms with Crippen LogP contribution in [0.25, 0.3) is 0 Å². The van der Waals surface area contributed by atoms with Gasteiger partial charge in [-0.1, -0.05) is 6.07 Å². The Hall–Kier alpha value is -0.960. The maximum absolute atomic E-state index is 13.4. The zero-order valence-electron chi connectivity index (χ0n) is 7.63. The van der Waals surface area contributed by atoms with Crippen LogP contribution in [0.4, 0.5) is 8.78 Å². The van der Waals surface area contributed by atoms with Crippen LogP contribution in [0.3, 0.4) is 0 Å². The van der Waals surface area contributed by atoms with E-state index < -0.39 is 5.82 Å². The normalized spacial score (nSPS) is 34.3. The first-order valence-electron chi connectivity index (χ1n) is 4.93. The Morgan fingerprint density at radius 2 is 1.86 bits per heavy atom. The molecule has 14 heavy (non-hydrogen) atoms. The first-order valence-corrected chi connectivity index (χ1v) is 4.93. The molecule has 1 aromatic rings. The topological polar surface area (TPSA) is 12.0 Å². The van der Waals surface area contributed by atoms with Gasteiger partial charge < -0.3 is 5.32 Å². The molecule has 0 radical (unpaired) electrons. The lowest BCUT2D eigenvalue weighted by molar-refractivity contribution is 0.562. The molecule has 3 rings (SSSR count). The SMILES string of the molecule is Fc1ccc(C2C3CNCC32)c(F)c1. The van der Waals surface area contributed by atoms with Crippen LogP contribution in [0.1, 0.15) is 11.5 Å². The van der Waals surface area contributed by atoms with Crippen molar-refractivity contribution in [1.29, 1.82) is 0 Å². The molecule has 1 aliphatic carbocycles. The Morgan fingerprint density at radius 1 is 1.14 bits per heavy atom. The zero-order valence-corrected chi connectivity index (χ0v) is 7.63. The largest absolute Gasteiger partial charge is 0.316 e. The Kier molecular flexibility index (Phi) is 1.65. The third kappa shape index (κ3) is 1.08. The molecule has 1 aliphatic heterocycles. The van der Waals surface area contributed by atoms with Crippen LogP contribution in [0.15, 0.2) is 18.2 Å². The first kappa shape index (κ1) is 8.36. The average molecular weight is 195 g/mol. The van der Waals surface area contributed by atoms with E-state index in [1.54, 1.807) is 6.07 Å². The van der Waals surface area contributed by atoms with Crippen molar-refractivity contribution in [3.8, 4) is 0 Å². The van der Waals surface area contributed by atoms with Crippen molar-refractivity contribution >= 4 is 0 Å². The van der Waals surface area contributed by atoms with E-state index in [9.17, 15) is 8.78 Å². The molecule has 0 amide bonds. The molecular formula is C11H11F2N. The summed E-state index contributed by atoms with van der Waals surface area (Å²) in [6, 6.07) is 3.92. The molecule has 0 aromatic heterocycles. The van der Waals surface area contributed by atoms with E-state index in [0.717, 1.165) is 19.2 Å². The second-order valence-electron chi connectivity index (χ2n) is 4.18. The lowest BCUT2D eigenvalue weighted by Gasteiger charge is -2.05. The van der Waals surface area contributed by atoms with Gasteiger partial charge in [-0.2, -0.15) is 0 Å². The molecule has 1 heterocycles. The quantitative estimate of drug-likeness (QED) is 0.721. The van der Waals surface area contributed by atoms with Crippen molar-refractivity contribution < 1.29 is 8.78 Å². The van der Waals surface area contributed by atoms with Gasteiger partial charge in [0.05, 0.1) is 0 Å². The number of fused-ring (bicyclic) bond motifs is 1. The molecule has 3 heteroatoms. The fourth-order valence-electron chi connectivity index (χ4n) is 2.65. The summed E-state index contributed by atoms with van der Waals surface area (Å²) in [4.78, 5) is 0. The molecule has 0 spiro atoms. The Balaban J connectivity index is 1.91. The summed E-state index contributed by atoms with van der Waals surface area (Å²) in [5, 5.41) is 3.26. The molecule has 1 saturated heterocycles. The van der Waals surface area contributed by atoms with Gasteiger partial charge in [0, 0.05) is 6.07 Å². The van der Waals surface area contributed by atoms with Gasteiger partial charge in [-0.15, -0.1) is 0 Å². The number of hydrogen-bond acceptors (Lipinski definition) is 1. The van der Waals surface area contributed by atoms with Crippen LogP contribution in [0.5, 0.6) is 0 Å². The Bertz CT molecular complexity index is 368. The van der Waals surface area contributed by atoms with Gasteiger partial charge >= 0.3 is 0 Å². The maximum atomic E-state index is 13.4. The Morgan fingerprint density at radius 3 is 2.50 bits per heavy atom. The van der Waals surface area contributed by atoms with E-state index >= 15 is 0 Å². The molecule has 74 valence electrons. The molecule has 2 atom stereocenters. The predicted molar refractivity (Wildman–Crippen MR) is 48.9 cm³/mol. The molecule has 2 aliphatic rings. The van der Waals surface area contributed by atoms with E-state index in [2.05, 4.69) is 5.32 Å². The summed E-state index contributed by atoms with van der Waals surface area (Å²) < 4.78 is 26.1. The summed E-state index contributed by atoms with van der Waals surface area (Å²) in [6.45, 7) is 1.96. The number of halogens is 2. The highest BCUT2D eigenvalue weighted by molar-refractivity contribution is 5.32. The minimum atomic E-state index is -0.491. The minimum absolute atomic E-state index is 0.330. The van der Waals surface area contributed by atoms with Crippen LogP contribution in [0, 0.1) is 23.5 Å². The zero-order chi connectivity index (χ0) is 9.71. The van der Waals surface area contributed by atoms with Crippen molar-refractivity contribution in [2.24, 2.45) is 11.8 Å². The van der Waals surface area contributed by atoms with Gasteiger partial charge in [0.1, 0.15) is 11.6 Å². The number of hydrogen-bond donors (Lipinski definition) is 1. The highest BCUT2D eigenvalue weighted by Crippen LogP contribution is 2.56. The van der Waals surface area contributed by atoms with Crippen LogP contribution in [-0.4, -0.2) is 13.1 Å². The highest BCUT2D eigenvalue weighted by atomic mass is 19.1. The van der Waals surface area contributed by atoms with E-state index in [1.165, 1.54) is 6.07 Å². The maximum Gasteiger partial charge on any atom is 0.129 e. The second-order valence-corrected chi connectivity index (χ2v) is 4.18. The van der Waals surface area contributed by atoms with Crippen LogP contribution >= 0.6 is 0 Å². The molecule has 2 fully saturated rings. The van der Waals surface area contributed by atoms with Crippen molar-refractivity contribution in [2.75, 3.05) is 13.1 Å². The summed E-state index contributed by atoms with van der Waals surface area (Å²) in [5.74, 6) is 0.612. The number of rotatable bonds is 1. The summed E-state index contributed by atoms with van der Waals surface area (Å²) in [7, 11) is 0. The van der Waals surface area contributed by atoms with Gasteiger partial charge in [-0.05, 0) is 42.5 Å². The van der Waals surface area contributed by atoms with E-state index in [4.69, 9.17) is 0 Å². The number of nitrogens with one attached hydrogen (secondary N) is 1. The standard InChI is InChI=1S/C11H11F2N/c12-6-1-2-7(10(13)3-6)11-8-4-14-5-9(8)11/h1-3,8-9,11,14H,4-5H2. The van der Waals surface area contributed by atoms with Gasteiger partial charge in [0.2, 0.25) is 0 Å². The highest BCUT2D eigenvalue weighted by Gasteiger charge is 2.54. The molecule has 1 saturated carbocycles. The fourth-order valence-corrected chi connectivity index (χ4v) is 2.65. The number of benzene rings is 1. The molecule has 1 aromatic carbocycles. The van der Waals surface area contributed by atoms with Gasteiger partial charge in [-0.25, -0.2) is 8.78 Å². The van der Waals surface area contributed by atoms with Crippen molar-refractivity contribution in [1.82, 2.24) is 5.32 Å². The van der Waals surface area contributed by atoms with Crippen molar-refractivity contribution in [3.05, 3.63) is 35.4 Å². The minimum Gasteiger partial charge on any atom is -0.316 e. The summed E-state index contributed by atoms with van der Waals surface area (Å²) in [6.07, 6.45) is 0. The summed E-state index contributed by atoms with van der Waals surface area (Å²) >= 11 is 0. The van der Waals surface area contributed by atoms with Crippen LogP contribution in [0.2, 0.25) is 0 Å². The molecule has 2 unspecified atom stereocenters. The third-order valence-corrected chi connectivity index (χ3v) is 3.41. The van der Waals surface area contributed by atoms with Gasteiger partial charge in [0.25, 0.3) is 0 Å². The number of piperidine rings is 1. The average Bonchev–Trinajstić information content (AvgIpc) is 2.63. The molecule has 1 nitrogen and oxygen atoms in total.